The fourth-order valence-electron chi connectivity index (χ4n) is 2.10. The summed E-state index contributed by atoms with van der Waals surface area (Å²) in [7, 11) is 0. The zero-order valence-electron chi connectivity index (χ0n) is 12.1. The van der Waals surface area contributed by atoms with Gasteiger partial charge >= 0.3 is 0 Å². The monoisotopic (exact) mass is 261 g/mol. The Morgan fingerprint density at radius 3 is 2.26 bits per heavy atom. The highest BCUT2D eigenvalue weighted by Gasteiger charge is 2.25. The van der Waals surface area contributed by atoms with Gasteiger partial charge in [-0.2, -0.15) is 0 Å². The minimum absolute atomic E-state index is 0.198. The number of aliphatic hydroxyl groups is 1. The lowest BCUT2D eigenvalue weighted by molar-refractivity contribution is 0.0799. The van der Waals surface area contributed by atoms with Gasteiger partial charge in [0, 0.05) is 16.5 Å². The largest absolute Gasteiger partial charge is 0.386 e. The Kier molecular flexibility index (Phi) is 3.13. The Bertz CT molecular complexity index is 621. The van der Waals surface area contributed by atoms with Crippen molar-refractivity contribution in [2.75, 3.05) is 0 Å². The van der Waals surface area contributed by atoms with Gasteiger partial charge in [0.25, 0.3) is 0 Å². The first kappa shape index (κ1) is 13.9. The Morgan fingerprint density at radius 2 is 1.74 bits per heavy atom. The van der Waals surface area contributed by atoms with Gasteiger partial charge in [-0.15, -0.1) is 0 Å². The van der Waals surface area contributed by atoms with Gasteiger partial charge in [0.15, 0.2) is 0 Å². The molecule has 1 heterocycles. The predicted octanol–water partition coefficient (Wildman–Crippen LogP) is 3.90. The molecular formula is C16H20FNO. The number of nitrogens with zero attached hydrogens (tertiary/aromatic N) is 1. The number of aromatic nitrogens is 1. The molecule has 2 rings (SSSR count). The maximum Gasteiger partial charge on any atom is 0.149 e. The third-order valence-electron chi connectivity index (χ3n) is 3.22. The molecule has 3 heteroatoms. The van der Waals surface area contributed by atoms with E-state index in [2.05, 4.69) is 4.98 Å². The molecule has 1 aromatic heterocycles. The Balaban J connectivity index is 2.89. The van der Waals surface area contributed by atoms with Crippen molar-refractivity contribution < 1.29 is 9.50 Å². The van der Waals surface area contributed by atoms with Crippen LogP contribution in [0.5, 0.6) is 0 Å². The molecule has 1 aromatic carbocycles. The molecule has 0 amide bonds. The Hall–Kier alpha value is -1.48. The maximum absolute atomic E-state index is 14.0. The summed E-state index contributed by atoms with van der Waals surface area (Å²) >= 11 is 0. The van der Waals surface area contributed by atoms with E-state index in [0.29, 0.717) is 16.5 Å². The smallest absolute Gasteiger partial charge is 0.149 e. The van der Waals surface area contributed by atoms with E-state index in [1.165, 1.54) is 6.07 Å². The molecular weight excluding hydrogens is 241 g/mol. The summed E-state index contributed by atoms with van der Waals surface area (Å²) in [5.41, 5.74) is 0.585. The van der Waals surface area contributed by atoms with E-state index in [1.807, 2.05) is 26.8 Å². The number of rotatable bonds is 1. The second-order valence-electron chi connectivity index (χ2n) is 6.50. The molecule has 0 spiro atoms. The van der Waals surface area contributed by atoms with Crippen molar-refractivity contribution in [2.24, 2.45) is 0 Å². The quantitative estimate of drug-likeness (QED) is 0.844. The van der Waals surface area contributed by atoms with Crippen LogP contribution < -0.4 is 0 Å². The second-order valence-corrected chi connectivity index (χ2v) is 6.50. The average Bonchev–Trinajstić information content (AvgIpc) is 2.25. The van der Waals surface area contributed by atoms with Gasteiger partial charge in [0.05, 0.1) is 5.60 Å². The fraction of sp³-hybridized carbons (Fsp3) is 0.438. The summed E-state index contributed by atoms with van der Waals surface area (Å²) in [6.07, 6.45) is 0. The summed E-state index contributed by atoms with van der Waals surface area (Å²) in [6, 6.07) is 6.72. The van der Waals surface area contributed by atoms with E-state index < -0.39 is 5.60 Å². The second kappa shape index (κ2) is 4.27. The van der Waals surface area contributed by atoms with Gasteiger partial charge in [0.1, 0.15) is 11.3 Å². The number of benzene rings is 1. The average molecular weight is 261 g/mol. The van der Waals surface area contributed by atoms with Crippen LogP contribution in [-0.2, 0) is 11.0 Å². The molecule has 19 heavy (non-hydrogen) atoms. The van der Waals surface area contributed by atoms with E-state index >= 15 is 0 Å². The minimum atomic E-state index is -1.03. The SMILES string of the molecule is CC(C)(C)c1cc(C(C)(C)O)c2cccc(F)c2n1. The molecule has 0 saturated carbocycles. The molecule has 0 saturated heterocycles. The first-order valence-electron chi connectivity index (χ1n) is 6.43. The van der Waals surface area contributed by atoms with Gasteiger partial charge in [-0.1, -0.05) is 32.9 Å². The number of para-hydroxylation sites is 1. The van der Waals surface area contributed by atoms with Gasteiger partial charge in [-0.3, -0.25) is 0 Å². The standard InChI is InChI=1S/C16H20FNO/c1-15(2,3)13-9-11(16(4,5)19)10-7-6-8-12(17)14(10)18-13/h6-9,19H,1-5H3. The zero-order valence-corrected chi connectivity index (χ0v) is 12.1. The topological polar surface area (TPSA) is 33.1 Å². The third kappa shape index (κ3) is 2.61. The molecule has 0 aliphatic rings. The van der Waals surface area contributed by atoms with E-state index in [1.54, 1.807) is 26.0 Å². The third-order valence-corrected chi connectivity index (χ3v) is 3.22. The van der Waals surface area contributed by atoms with Gasteiger partial charge in [-0.25, -0.2) is 9.37 Å². The van der Waals surface area contributed by atoms with Crippen LogP contribution in [0.3, 0.4) is 0 Å². The van der Waals surface area contributed by atoms with Crippen molar-refractivity contribution >= 4 is 10.9 Å². The molecule has 0 fully saturated rings. The summed E-state index contributed by atoms with van der Waals surface area (Å²) in [5.74, 6) is -0.353. The maximum atomic E-state index is 14.0. The molecule has 2 nitrogen and oxygen atoms in total. The van der Waals surface area contributed by atoms with Crippen LogP contribution in [0.25, 0.3) is 10.9 Å². The van der Waals surface area contributed by atoms with Crippen LogP contribution in [0.1, 0.15) is 45.9 Å². The highest BCUT2D eigenvalue weighted by Crippen LogP contribution is 2.32. The molecule has 102 valence electrons. The Morgan fingerprint density at radius 1 is 1.11 bits per heavy atom. The summed E-state index contributed by atoms with van der Waals surface area (Å²) < 4.78 is 14.0. The minimum Gasteiger partial charge on any atom is -0.386 e. The van der Waals surface area contributed by atoms with Crippen LogP contribution in [0.4, 0.5) is 4.39 Å². The van der Waals surface area contributed by atoms with Crippen molar-refractivity contribution in [3.05, 3.63) is 41.3 Å². The van der Waals surface area contributed by atoms with E-state index in [0.717, 1.165) is 5.69 Å². The lowest BCUT2D eigenvalue weighted by atomic mass is 9.86. The molecule has 1 N–H and O–H groups in total. The van der Waals surface area contributed by atoms with Crippen molar-refractivity contribution in [1.29, 1.82) is 0 Å². The van der Waals surface area contributed by atoms with Crippen molar-refractivity contribution in [1.82, 2.24) is 4.98 Å². The normalized spacial score (nSPS) is 13.0. The van der Waals surface area contributed by atoms with Crippen molar-refractivity contribution in [3.63, 3.8) is 0 Å². The molecule has 0 aliphatic carbocycles. The van der Waals surface area contributed by atoms with E-state index in [9.17, 15) is 9.50 Å². The molecule has 0 aliphatic heterocycles. The van der Waals surface area contributed by atoms with Gasteiger partial charge in [0.2, 0.25) is 0 Å². The fourth-order valence-corrected chi connectivity index (χ4v) is 2.10. The van der Waals surface area contributed by atoms with Crippen molar-refractivity contribution in [3.8, 4) is 0 Å². The zero-order chi connectivity index (χ0) is 14.4. The summed E-state index contributed by atoms with van der Waals surface area (Å²) in [5, 5.41) is 11.0. The van der Waals surface area contributed by atoms with Gasteiger partial charge in [-0.05, 0) is 31.5 Å². The first-order chi connectivity index (χ1) is 8.60. The summed E-state index contributed by atoms with van der Waals surface area (Å²) in [6.45, 7) is 9.49. The van der Waals surface area contributed by atoms with E-state index in [4.69, 9.17) is 0 Å². The lowest BCUT2D eigenvalue weighted by Crippen LogP contribution is -2.20. The van der Waals surface area contributed by atoms with Crippen molar-refractivity contribution in [2.45, 2.75) is 45.6 Å². The number of hydrogen-bond donors (Lipinski definition) is 1. The number of pyridine rings is 1. The van der Waals surface area contributed by atoms with Crippen LogP contribution in [-0.4, -0.2) is 10.1 Å². The van der Waals surface area contributed by atoms with Crippen LogP contribution >= 0.6 is 0 Å². The lowest BCUT2D eigenvalue weighted by Gasteiger charge is -2.25. The first-order valence-corrected chi connectivity index (χ1v) is 6.43. The molecule has 2 aromatic rings. The molecule has 0 atom stereocenters. The van der Waals surface area contributed by atoms with Crippen LogP contribution in [0.15, 0.2) is 24.3 Å². The molecule has 0 unspecified atom stereocenters. The summed E-state index contributed by atoms with van der Waals surface area (Å²) in [4.78, 5) is 4.43. The van der Waals surface area contributed by atoms with E-state index in [-0.39, 0.29) is 11.2 Å². The number of halogens is 1. The van der Waals surface area contributed by atoms with Crippen LogP contribution in [0.2, 0.25) is 0 Å². The molecule has 0 bridgehead atoms. The number of hydrogen-bond acceptors (Lipinski definition) is 2. The Labute approximate surface area is 113 Å². The predicted molar refractivity (Wildman–Crippen MR) is 75.6 cm³/mol. The van der Waals surface area contributed by atoms with Gasteiger partial charge < -0.3 is 5.11 Å². The highest BCUT2D eigenvalue weighted by atomic mass is 19.1. The van der Waals surface area contributed by atoms with Crippen LogP contribution in [0, 0.1) is 5.82 Å². The molecule has 0 radical (unpaired) electrons. The highest BCUT2D eigenvalue weighted by molar-refractivity contribution is 5.84. The number of fused-ring (bicyclic) bond motifs is 1.